The number of benzene rings is 1. The molecule has 0 saturated carbocycles. The second-order valence-electron chi connectivity index (χ2n) is 5.79. The molecule has 0 unspecified atom stereocenters. The molecule has 0 saturated heterocycles. The van der Waals surface area contributed by atoms with E-state index >= 15 is 0 Å². The number of hydrogen-bond acceptors (Lipinski definition) is 9. The Morgan fingerprint density at radius 1 is 1.24 bits per heavy atom. The van der Waals surface area contributed by atoms with Crippen molar-refractivity contribution in [3.63, 3.8) is 0 Å². The normalized spacial score (nSPS) is 10.7. The van der Waals surface area contributed by atoms with Crippen LogP contribution in [0.2, 0.25) is 0 Å². The highest BCUT2D eigenvalue weighted by atomic mass is 16.6. The van der Waals surface area contributed by atoms with Crippen LogP contribution < -0.4 is 15.9 Å². The molecule has 0 amide bonds. The highest BCUT2D eigenvalue weighted by Crippen LogP contribution is 2.29. The molecule has 3 aromatic rings. The van der Waals surface area contributed by atoms with E-state index < -0.39 is 16.3 Å². The number of nitrogens with zero attached hydrogens (tertiary/aromatic N) is 4. The first-order valence-electron chi connectivity index (χ1n) is 8.64. The number of carbonyl (C=O) groups is 1. The molecule has 2 heterocycles. The van der Waals surface area contributed by atoms with Gasteiger partial charge in [0.05, 0.1) is 34.9 Å². The van der Waals surface area contributed by atoms with Crippen LogP contribution in [0.1, 0.15) is 24.3 Å². The number of rotatable bonds is 6. The molecule has 2 aromatic heterocycles. The number of nitrogens with two attached hydrogens (primary N) is 1. The fourth-order valence-electron chi connectivity index (χ4n) is 2.64. The van der Waals surface area contributed by atoms with Crippen molar-refractivity contribution in [1.29, 1.82) is 0 Å². The molecule has 150 valence electrons. The van der Waals surface area contributed by atoms with E-state index in [1.807, 2.05) is 0 Å². The molecule has 11 heteroatoms. The fraction of sp³-hybridized carbons (Fsp3) is 0.222. The molecular weight excluding hydrogens is 382 g/mol. The number of fused-ring (bicyclic) bond motifs is 1. The van der Waals surface area contributed by atoms with E-state index in [4.69, 9.17) is 15.2 Å². The average Bonchev–Trinajstić information content (AvgIpc) is 2.69. The molecule has 0 fully saturated rings. The van der Waals surface area contributed by atoms with Gasteiger partial charge in [0.1, 0.15) is 5.69 Å². The van der Waals surface area contributed by atoms with Gasteiger partial charge >= 0.3 is 5.97 Å². The number of nitro benzene ring substituents is 1. The molecule has 0 aliphatic heterocycles. The fourth-order valence-corrected chi connectivity index (χ4v) is 2.64. The summed E-state index contributed by atoms with van der Waals surface area (Å²) in [7, 11) is 0. The Morgan fingerprint density at radius 3 is 2.59 bits per heavy atom. The summed E-state index contributed by atoms with van der Waals surface area (Å²) in [4.78, 5) is 43.2. The highest BCUT2D eigenvalue weighted by Gasteiger charge is 2.23. The summed E-state index contributed by atoms with van der Waals surface area (Å²) in [5, 5.41) is 11.6. The van der Waals surface area contributed by atoms with E-state index in [0.29, 0.717) is 0 Å². The predicted octanol–water partition coefficient (Wildman–Crippen LogP) is 1.85. The number of pyridine rings is 1. The molecule has 0 aliphatic carbocycles. The molecule has 0 atom stereocenters. The van der Waals surface area contributed by atoms with Crippen LogP contribution in [0.15, 0.2) is 35.4 Å². The van der Waals surface area contributed by atoms with E-state index in [2.05, 4.69) is 9.97 Å². The lowest BCUT2D eigenvalue weighted by Crippen LogP contribution is -2.13. The molecule has 0 spiro atoms. The van der Waals surface area contributed by atoms with Gasteiger partial charge in [0, 0.05) is 24.5 Å². The first-order valence-corrected chi connectivity index (χ1v) is 8.64. The van der Waals surface area contributed by atoms with Gasteiger partial charge in [-0.2, -0.15) is 0 Å². The second kappa shape index (κ2) is 7.92. The van der Waals surface area contributed by atoms with Crippen LogP contribution in [0.3, 0.4) is 0 Å². The predicted molar refractivity (Wildman–Crippen MR) is 103 cm³/mol. The summed E-state index contributed by atoms with van der Waals surface area (Å²) in [5.41, 5.74) is 5.19. The summed E-state index contributed by atoms with van der Waals surface area (Å²) in [6, 6.07) is 3.78. The average molecular weight is 399 g/mol. The topological polar surface area (TPSA) is 152 Å². The standard InChI is InChI=1S/C18H17N5O6/c1-3-28-17-16(18(25)29-4-2)20-11-7-13(14(23(26)27)8-12(11)21-17)22-6-5-15(24)10(19)9-22/h5-9H,3-4,19H2,1-2H3. The lowest BCUT2D eigenvalue weighted by Gasteiger charge is -2.12. The van der Waals surface area contributed by atoms with Gasteiger partial charge in [-0.3, -0.25) is 14.9 Å². The number of hydrogen-bond donors (Lipinski definition) is 1. The lowest BCUT2D eigenvalue weighted by molar-refractivity contribution is -0.384. The van der Waals surface area contributed by atoms with E-state index in [0.717, 1.165) is 0 Å². The van der Waals surface area contributed by atoms with Crippen molar-refractivity contribution < 1.29 is 19.2 Å². The van der Waals surface area contributed by atoms with Crippen molar-refractivity contribution in [2.75, 3.05) is 18.9 Å². The van der Waals surface area contributed by atoms with E-state index in [9.17, 15) is 19.7 Å². The third-order valence-electron chi connectivity index (χ3n) is 3.90. The van der Waals surface area contributed by atoms with Crippen molar-refractivity contribution >= 4 is 28.4 Å². The van der Waals surface area contributed by atoms with Crippen molar-refractivity contribution in [2.24, 2.45) is 0 Å². The van der Waals surface area contributed by atoms with Crippen LogP contribution in [-0.2, 0) is 4.74 Å². The van der Waals surface area contributed by atoms with Crippen molar-refractivity contribution in [2.45, 2.75) is 13.8 Å². The Morgan fingerprint density at radius 2 is 1.97 bits per heavy atom. The lowest BCUT2D eigenvalue weighted by atomic mass is 10.2. The number of nitrogen functional groups attached to an aromatic ring is 1. The van der Waals surface area contributed by atoms with Gasteiger partial charge in [0.15, 0.2) is 0 Å². The van der Waals surface area contributed by atoms with Crippen LogP contribution in [0, 0.1) is 10.1 Å². The Hall–Kier alpha value is -4.02. The Labute approximate surface area is 163 Å². The third kappa shape index (κ3) is 3.83. The summed E-state index contributed by atoms with van der Waals surface area (Å²) < 4.78 is 11.7. The van der Waals surface area contributed by atoms with Gasteiger partial charge in [-0.25, -0.2) is 14.8 Å². The minimum atomic E-state index is -0.724. The van der Waals surface area contributed by atoms with Gasteiger partial charge in [0.2, 0.25) is 17.0 Å². The number of ether oxygens (including phenoxy) is 2. The van der Waals surface area contributed by atoms with Crippen LogP contribution >= 0.6 is 0 Å². The minimum Gasteiger partial charge on any atom is -0.476 e. The molecule has 29 heavy (non-hydrogen) atoms. The van der Waals surface area contributed by atoms with Gasteiger partial charge in [-0.1, -0.05) is 0 Å². The minimum absolute atomic E-state index is 0.0758. The SMILES string of the molecule is CCOC(=O)c1nc2cc(-n3ccc(=O)c(N)c3)c([N+](=O)[O-])cc2nc1OCC. The zero-order valence-corrected chi connectivity index (χ0v) is 15.6. The largest absolute Gasteiger partial charge is 0.476 e. The van der Waals surface area contributed by atoms with Crippen molar-refractivity contribution in [3.05, 3.63) is 56.6 Å². The summed E-state index contributed by atoms with van der Waals surface area (Å²) in [6.45, 7) is 3.69. The van der Waals surface area contributed by atoms with Crippen molar-refractivity contribution in [1.82, 2.24) is 14.5 Å². The number of anilines is 1. The molecule has 0 aliphatic rings. The summed E-state index contributed by atoms with van der Waals surface area (Å²) in [6.07, 6.45) is 2.62. The monoisotopic (exact) mass is 399 g/mol. The van der Waals surface area contributed by atoms with Gasteiger partial charge in [-0.15, -0.1) is 0 Å². The number of esters is 1. The van der Waals surface area contributed by atoms with Crippen molar-refractivity contribution in [3.8, 4) is 11.6 Å². The second-order valence-corrected chi connectivity index (χ2v) is 5.79. The zero-order valence-electron chi connectivity index (χ0n) is 15.6. The maximum Gasteiger partial charge on any atom is 0.362 e. The number of aromatic nitrogens is 3. The molecule has 0 bridgehead atoms. The zero-order chi connectivity index (χ0) is 21.1. The molecule has 3 rings (SSSR count). The molecule has 0 radical (unpaired) electrons. The molecule has 11 nitrogen and oxygen atoms in total. The first-order chi connectivity index (χ1) is 13.8. The summed E-state index contributed by atoms with van der Waals surface area (Å²) in [5.74, 6) is -0.800. The van der Waals surface area contributed by atoms with Crippen LogP contribution in [0.25, 0.3) is 16.7 Å². The maximum absolute atomic E-state index is 12.2. The highest BCUT2D eigenvalue weighted by molar-refractivity contribution is 5.93. The van der Waals surface area contributed by atoms with E-state index in [1.54, 1.807) is 13.8 Å². The number of carbonyl (C=O) groups excluding carboxylic acids is 1. The smallest absolute Gasteiger partial charge is 0.362 e. The number of nitro groups is 1. The molecular formula is C18H17N5O6. The van der Waals surface area contributed by atoms with Crippen LogP contribution in [-0.4, -0.2) is 38.6 Å². The van der Waals surface area contributed by atoms with E-state index in [1.165, 1.54) is 35.2 Å². The van der Waals surface area contributed by atoms with Gasteiger partial charge < -0.3 is 19.8 Å². The van der Waals surface area contributed by atoms with Gasteiger partial charge in [-0.05, 0) is 19.9 Å². The van der Waals surface area contributed by atoms with Gasteiger partial charge in [0.25, 0.3) is 5.69 Å². The Bertz CT molecular complexity index is 1170. The third-order valence-corrected chi connectivity index (χ3v) is 3.90. The Balaban J connectivity index is 2.29. The quantitative estimate of drug-likeness (QED) is 0.371. The molecule has 2 N–H and O–H groups in total. The first kappa shape index (κ1) is 19.7. The van der Waals surface area contributed by atoms with Crippen LogP contribution in [0.4, 0.5) is 11.4 Å². The summed E-state index contributed by atoms with van der Waals surface area (Å²) >= 11 is 0. The van der Waals surface area contributed by atoms with Crippen LogP contribution in [0.5, 0.6) is 5.88 Å². The van der Waals surface area contributed by atoms with E-state index in [-0.39, 0.29) is 52.9 Å². The Kier molecular flexibility index (Phi) is 5.39. The maximum atomic E-state index is 12.2. The molecule has 1 aromatic carbocycles.